The van der Waals surface area contributed by atoms with Gasteiger partial charge in [0.05, 0.1) is 11.1 Å². The van der Waals surface area contributed by atoms with Gasteiger partial charge < -0.3 is 5.73 Å². The summed E-state index contributed by atoms with van der Waals surface area (Å²) in [4.78, 5) is 53.1. The minimum Gasteiger partial charge on any atom is -0.330 e. The topological polar surface area (TPSA) is 113 Å². The average Bonchev–Trinajstić information content (AvgIpc) is 2.95. The molecule has 3 aliphatic heterocycles. The number of carbonyl (C=O) groups excluding carboxylic acids is 4. The fraction of sp³-hybridized carbons (Fsp3) is 0.524. The van der Waals surface area contributed by atoms with Gasteiger partial charge in [-0.25, -0.2) is 0 Å². The third-order valence-electron chi connectivity index (χ3n) is 6.45. The van der Waals surface area contributed by atoms with Crippen LogP contribution >= 0.6 is 0 Å². The van der Waals surface area contributed by atoms with Crippen LogP contribution in [0.15, 0.2) is 18.2 Å². The van der Waals surface area contributed by atoms with Crippen LogP contribution in [0.1, 0.15) is 52.5 Å². The zero-order valence-electron chi connectivity index (χ0n) is 16.5. The van der Waals surface area contributed by atoms with Gasteiger partial charge in [-0.3, -0.25) is 34.3 Å². The van der Waals surface area contributed by atoms with Gasteiger partial charge in [-0.05, 0) is 49.4 Å². The highest BCUT2D eigenvalue weighted by Gasteiger charge is 2.45. The molecule has 1 aromatic carbocycles. The van der Waals surface area contributed by atoms with Crippen molar-refractivity contribution in [1.82, 2.24) is 15.1 Å². The Balaban J connectivity index is 1.58. The summed E-state index contributed by atoms with van der Waals surface area (Å²) in [6.45, 7) is 5.19. The van der Waals surface area contributed by atoms with Crippen molar-refractivity contribution in [3.8, 4) is 0 Å². The lowest BCUT2D eigenvalue weighted by Gasteiger charge is -2.36. The molecule has 3 heterocycles. The molecule has 154 valence electrons. The number of rotatable bonds is 4. The zero-order chi connectivity index (χ0) is 20.7. The van der Waals surface area contributed by atoms with Crippen LogP contribution in [-0.2, 0) is 16.1 Å². The maximum atomic E-state index is 13.2. The van der Waals surface area contributed by atoms with Gasteiger partial charge in [0.1, 0.15) is 6.04 Å². The highest BCUT2D eigenvalue weighted by Crippen LogP contribution is 2.31. The molecule has 2 fully saturated rings. The van der Waals surface area contributed by atoms with Crippen molar-refractivity contribution in [1.29, 1.82) is 0 Å². The van der Waals surface area contributed by atoms with Crippen molar-refractivity contribution in [2.24, 2.45) is 17.6 Å². The van der Waals surface area contributed by atoms with Crippen LogP contribution in [-0.4, -0.2) is 59.1 Å². The van der Waals surface area contributed by atoms with Crippen molar-refractivity contribution in [2.75, 3.05) is 19.6 Å². The van der Waals surface area contributed by atoms with Crippen molar-refractivity contribution < 1.29 is 19.2 Å². The molecule has 4 amide bonds. The van der Waals surface area contributed by atoms with E-state index in [0.717, 1.165) is 30.0 Å². The number of nitrogens with two attached hydrogens (primary N) is 1. The lowest BCUT2D eigenvalue weighted by Crippen LogP contribution is -2.54. The SMILES string of the molecule is CC1CCN(Cc2cccc3c2C(=O)N(C2CCC(=O)NC2=O)C3=O)CC1CN. The Labute approximate surface area is 169 Å². The highest BCUT2D eigenvalue weighted by molar-refractivity contribution is 6.24. The molecular weight excluding hydrogens is 372 g/mol. The Hall–Kier alpha value is -2.58. The third kappa shape index (κ3) is 3.47. The van der Waals surface area contributed by atoms with Gasteiger partial charge in [0.15, 0.2) is 0 Å². The Kier molecular flexibility index (Phi) is 5.23. The van der Waals surface area contributed by atoms with E-state index in [1.807, 2.05) is 6.07 Å². The second-order valence-corrected chi connectivity index (χ2v) is 8.28. The first-order valence-electron chi connectivity index (χ1n) is 10.2. The van der Waals surface area contributed by atoms with Gasteiger partial charge in [-0.2, -0.15) is 0 Å². The molecule has 0 aliphatic carbocycles. The number of nitrogens with zero attached hydrogens (tertiary/aromatic N) is 2. The molecule has 8 nitrogen and oxygen atoms in total. The number of hydrogen-bond acceptors (Lipinski definition) is 6. The lowest BCUT2D eigenvalue weighted by atomic mass is 9.87. The van der Waals surface area contributed by atoms with Crippen LogP contribution in [0.25, 0.3) is 0 Å². The van der Waals surface area contributed by atoms with E-state index in [4.69, 9.17) is 5.73 Å². The maximum absolute atomic E-state index is 13.2. The smallest absolute Gasteiger partial charge is 0.262 e. The molecule has 1 aromatic rings. The molecule has 0 saturated carbocycles. The molecule has 2 saturated heterocycles. The number of fused-ring (bicyclic) bond motifs is 1. The number of nitrogens with one attached hydrogen (secondary N) is 1. The normalized spacial score (nSPS) is 27.9. The van der Waals surface area contributed by atoms with Crippen LogP contribution in [0.4, 0.5) is 0 Å². The van der Waals surface area contributed by atoms with E-state index in [1.54, 1.807) is 12.1 Å². The summed E-state index contributed by atoms with van der Waals surface area (Å²) in [5, 5.41) is 2.23. The van der Waals surface area contributed by atoms with Crippen LogP contribution in [0.5, 0.6) is 0 Å². The molecule has 3 N–H and O–H groups in total. The van der Waals surface area contributed by atoms with Crippen molar-refractivity contribution in [3.05, 3.63) is 34.9 Å². The molecule has 3 aliphatic rings. The first-order chi connectivity index (χ1) is 13.9. The molecule has 29 heavy (non-hydrogen) atoms. The number of piperidine rings is 2. The van der Waals surface area contributed by atoms with E-state index < -0.39 is 23.8 Å². The molecular formula is C21H26N4O4. The molecule has 8 heteroatoms. The first-order valence-corrected chi connectivity index (χ1v) is 10.2. The predicted octanol–water partition coefficient (Wildman–Crippen LogP) is 0.505. The Morgan fingerprint density at radius 1 is 1.14 bits per heavy atom. The summed E-state index contributed by atoms with van der Waals surface area (Å²) in [6.07, 6.45) is 1.32. The Bertz CT molecular complexity index is 883. The van der Waals surface area contributed by atoms with E-state index in [1.165, 1.54) is 0 Å². The second-order valence-electron chi connectivity index (χ2n) is 8.28. The van der Waals surface area contributed by atoms with Gasteiger partial charge in [0.25, 0.3) is 11.8 Å². The van der Waals surface area contributed by atoms with Gasteiger partial charge >= 0.3 is 0 Å². The van der Waals surface area contributed by atoms with Crippen LogP contribution in [0.2, 0.25) is 0 Å². The zero-order valence-corrected chi connectivity index (χ0v) is 16.5. The average molecular weight is 398 g/mol. The quantitative estimate of drug-likeness (QED) is 0.715. The fourth-order valence-corrected chi connectivity index (χ4v) is 4.63. The predicted molar refractivity (Wildman–Crippen MR) is 105 cm³/mol. The number of benzene rings is 1. The van der Waals surface area contributed by atoms with Crippen LogP contribution in [0.3, 0.4) is 0 Å². The van der Waals surface area contributed by atoms with E-state index in [9.17, 15) is 19.2 Å². The monoisotopic (exact) mass is 398 g/mol. The van der Waals surface area contributed by atoms with E-state index in [0.29, 0.717) is 36.1 Å². The molecule has 3 unspecified atom stereocenters. The largest absolute Gasteiger partial charge is 0.330 e. The summed E-state index contributed by atoms with van der Waals surface area (Å²) in [7, 11) is 0. The minimum atomic E-state index is -0.939. The van der Waals surface area contributed by atoms with E-state index in [2.05, 4.69) is 17.1 Å². The van der Waals surface area contributed by atoms with Crippen molar-refractivity contribution in [2.45, 2.75) is 38.8 Å². The Morgan fingerprint density at radius 2 is 1.93 bits per heavy atom. The lowest BCUT2D eigenvalue weighted by molar-refractivity contribution is -0.136. The highest BCUT2D eigenvalue weighted by atomic mass is 16.2. The van der Waals surface area contributed by atoms with Gasteiger partial charge in [0, 0.05) is 19.5 Å². The minimum absolute atomic E-state index is 0.114. The second kappa shape index (κ2) is 7.68. The molecule has 4 rings (SSSR count). The van der Waals surface area contributed by atoms with Crippen molar-refractivity contribution in [3.63, 3.8) is 0 Å². The fourth-order valence-electron chi connectivity index (χ4n) is 4.63. The molecule has 0 bridgehead atoms. The number of amides is 4. The Morgan fingerprint density at radius 3 is 2.66 bits per heavy atom. The summed E-state index contributed by atoms with van der Waals surface area (Å²) in [5.41, 5.74) is 7.41. The summed E-state index contributed by atoms with van der Waals surface area (Å²) < 4.78 is 0. The van der Waals surface area contributed by atoms with Crippen molar-refractivity contribution >= 4 is 23.6 Å². The van der Waals surface area contributed by atoms with Gasteiger partial charge in [-0.1, -0.05) is 19.1 Å². The van der Waals surface area contributed by atoms with Gasteiger partial charge in [0.2, 0.25) is 11.8 Å². The van der Waals surface area contributed by atoms with Crippen LogP contribution in [0, 0.1) is 11.8 Å². The molecule has 0 spiro atoms. The number of likely N-dealkylation sites (tertiary alicyclic amines) is 1. The van der Waals surface area contributed by atoms with E-state index in [-0.39, 0.29) is 18.7 Å². The first kappa shape index (κ1) is 19.7. The molecule has 0 radical (unpaired) electrons. The third-order valence-corrected chi connectivity index (χ3v) is 6.45. The number of carbonyl (C=O) groups is 4. The van der Waals surface area contributed by atoms with E-state index >= 15 is 0 Å². The van der Waals surface area contributed by atoms with Gasteiger partial charge in [-0.15, -0.1) is 0 Å². The van der Waals surface area contributed by atoms with Crippen LogP contribution < -0.4 is 11.1 Å². The number of imide groups is 2. The summed E-state index contributed by atoms with van der Waals surface area (Å²) >= 11 is 0. The summed E-state index contributed by atoms with van der Waals surface area (Å²) in [6, 6.07) is 4.34. The number of hydrogen-bond donors (Lipinski definition) is 2. The molecule has 3 atom stereocenters. The standard InChI is InChI=1S/C21H26N4O4/c1-12-7-8-24(11-14(12)9-22)10-13-3-2-4-15-18(13)21(29)25(20(15)28)16-5-6-17(26)23-19(16)27/h2-4,12,14,16H,5-11,22H2,1H3,(H,23,26,27). The summed E-state index contributed by atoms with van der Waals surface area (Å²) in [5.74, 6) is -0.892. The molecule has 0 aromatic heterocycles. The maximum Gasteiger partial charge on any atom is 0.262 e.